The van der Waals surface area contributed by atoms with E-state index in [1.54, 1.807) is 37.3 Å². The van der Waals surface area contributed by atoms with E-state index in [1.807, 2.05) is 12.1 Å². The highest BCUT2D eigenvalue weighted by molar-refractivity contribution is 7.99. The molecule has 1 heterocycles. The zero-order valence-electron chi connectivity index (χ0n) is 13.7. The number of hydrogen-bond acceptors (Lipinski definition) is 4. The Morgan fingerprint density at radius 2 is 2.12 bits per heavy atom. The number of nitrogens with one attached hydrogen (secondary N) is 1. The van der Waals surface area contributed by atoms with Crippen molar-refractivity contribution in [3.8, 4) is 11.8 Å². The molecule has 25 heavy (non-hydrogen) atoms. The second-order valence-corrected chi connectivity index (χ2v) is 6.86. The highest BCUT2D eigenvalue weighted by Gasteiger charge is 2.26. The van der Waals surface area contributed by atoms with Crippen molar-refractivity contribution < 1.29 is 13.9 Å². The first-order chi connectivity index (χ1) is 12.1. The van der Waals surface area contributed by atoms with Crippen molar-refractivity contribution >= 4 is 17.7 Å². The molecule has 2 aromatic carbocycles. The topological polar surface area (TPSA) is 62.1 Å². The minimum Gasteiger partial charge on any atom is -0.481 e. The number of hydrogen-bond donors (Lipinski definition) is 1. The Morgan fingerprint density at radius 1 is 1.36 bits per heavy atom. The molecule has 0 aromatic heterocycles. The Hall–Kier alpha value is -2.52. The Bertz CT molecular complexity index is 817. The van der Waals surface area contributed by atoms with Crippen molar-refractivity contribution in [1.29, 1.82) is 5.26 Å². The summed E-state index contributed by atoms with van der Waals surface area (Å²) in [5.41, 5.74) is 1.35. The molecule has 1 N–H and O–H groups in total. The number of amides is 1. The van der Waals surface area contributed by atoms with Gasteiger partial charge in [-0.25, -0.2) is 4.39 Å². The van der Waals surface area contributed by atoms with Crippen molar-refractivity contribution in [2.24, 2.45) is 0 Å². The van der Waals surface area contributed by atoms with Gasteiger partial charge in [0, 0.05) is 10.6 Å². The SMILES string of the molecule is C[C@H](Oc1ccc(C#N)cc1)C(=O)N[C@@H]1CCSc2c(F)cccc21. The smallest absolute Gasteiger partial charge is 0.261 e. The molecule has 0 spiro atoms. The zero-order valence-corrected chi connectivity index (χ0v) is 14.5. The fourth-order valence-electron chi connectivity index (χ4n) is 2.69. The fraction of sp³-hybridized carbons (Fsp3) is 0.263. The molecule has 6 heteroatoms. The molecule has 0 saturated carbocycles. The van der Waals surface area contributed by atoms with Crippen LogP contribution in [0.1, 0.15) is 30.5 Å². The van der Waals surface area contributed by atoms with Crippen molar-refractivity contribution in [2.45, 2.75) is 30.4 Å². The number of carbonyl (C=O) groups excluding carboxylic acids is 1. The Balaban J connectivity index is 1.66. The van der Waals surface area contributed by atoms with E-state index in [2.05, 4.69) is 5.32 Å². The normalized spacial score (nSPS) is 17.1. The Kier molecular flexibility index (Phi) is 5.25. The van der Waals surface area contributed by atoms with Gasteiger partial charge >= 0.3 is 0 Å². The molecule has 0 unspecified atom stereocenters. The second-order valence-electron chi connectivity index (χ2n) is 5.75. The summed E-state index contributed by atoms with van der Waals surface area (Å²) in [6, 6.07) is 13.3. The van der Waals surface area contributed by atoms with Crippen LogP contribution >= 0.6 is 11.8 Å². The summed E-state index contributed by atoms with van der Waals surface area (Å²) in [7, 11) is 0. The number of carbonyl (C=O) groups is 1. The predicted octanol–water partition coefficient (Wildman–Crippen LogP) is 3.82. The van der Waals surface area contributed by atoms with Crippen molar-refractivity contribution in [1.82, 2.24) is 5.32 Å². The number of nitrogens with zero attached hydrogens (tertiary/aromatic N) is 1. The first kappa shape index (κ1) is 17.3. The van der Waals surface area contributed by atoms with E-state index in [0.29, 0.717) is 16.2 Å². The minimum atomic E-state index is -0.695. The first-order valence-electron chi connectivity index (χ1n) is 7.97. The molecule has 0 radical (unpaired) electrons. The van der Waals surface area contributed by atoms with Crippen LogP contribution in [0, 0.1) is 17.1 Å². The Morgan fingerprint density at radius 3 is 2.84 bits per heavy atom. The van der Waals surface area contributed by atoms with E-state index < -0.39 is 6.10 Å². The molecule has 1 aliphatic rings. The molecule has 0 aliphatic carbocycles. The maximum atomic E-state index is 13.9. The van der Waals surface area contributed by atoms with E-state index in [1.165, 1.54) is 17.8 Å². The van der Waals surface area contributed by atoms with E-state index in [0.717, 1.165) is 17.7 Å². The number of halogens is 1. The quantitative estimate of drug-likeness (QED) is 0.905. The lowest BCUT2D eigenvalue weighted by molar-refractivity contribution is -0.128. The van der Waals surface area contributed by atoms with Crippen LogP contribution in [-0.2, 0) is 4.79 Å². The van der Waals surface area contributed by atoms with Gasteiger partial charge in [-0.15, -0.1) is 11.8 Å². The third-order valence-electron chi connectivity index (χ3n) is 4.01. The highest BCUT2D eigenvalue weighted by atomic mass is 32.2. The van der Waals surface area contributed by atoms with Gasteiger partial charge in [-0.1, -0.05) is 12.1 Å². The van der Waals surface area contributed by atoms with Gasteiger partial charge in [0.05, 0.1) is 17.7 Å². The average Bonchev–Trinajstić information content (AvgIpc) is 2.63. The van der Waals surface area contributed by atoms with Crippen molar-refractivity contribution in [2.75, 3.05) is 5.75 Å². The van der Waals surface area contributed by atoms with Crippen molar-refractivity contribution in [3.05, 3.63) is 59.4 Å². The van der Waals surface area contributed by atoms with E-state index in [9.17, 15) is 9.18 Å². The third kappa shape index (κ3) is 3.94. The lowest BCUT2D eigenvalue weighted by atomic mass is 10.0. The summed E-state index contributed by atoms with van der Waals surface area (Å²) < 4.78 is 19.5. The summed E-state index contributed by atoms with van der Waals surface area (Å²) in [6.45, 7) is 1.66. The lowest BCUT2D eigenvalue weighted by Crippen LogP contribution is -2.39. The van der Waals surface area contributed by atoms with Crippen LogP contribution in [0.25, 0.3) is 0 Å². The van der Waals surface area contributed by atoms with Gasteiger partial charge in [0.15, 0.2) is 6.10 Å². The van der Waals surface area contributed by atoms with Gasteiger partial charge in [0.1, 0.15) is 11.6 Å². The van der Waals surface area contributed by atoms with Crippen LogP contribution in [0.15, 0.2) is 47.4 Å². The molecule has 0 saturated heterocycles. The van der Waals surface area contributed by atoms with Crippen LogP contribution in [0.4, 0.5) is 4.39 Å². The molecule has 3 rings (SSSR count). The number of benzene rings is 2. The molecule has 4 nitrogen and oxygen atoms in total. The van der Waals surface area contributed by atoms with Crippen LogP contribution in [0.5, 0.6) is 5.75 Å². The number of thioether (sulfide) groups is 1. The molecular weight excluding hydrogens is 339 g/mol. The monoisotopic (exact) mass is 356 g/mol. The average molecular weight is 356 g/mol. The molecular formula is C19H17FN2O2S. The summed E-state index contributed by atoms with van der Waals surface area (Å²) >= 11 is 1.48. The molecule has 2 aromatic rings. The van der Waals surface area contributed by atoms with Crippen LogP contribution in [0.2, 0.25) is 0 Å². The summed E-state index contributed by atoms with van der Waals surface area (Å²) in [6.07, 6.45) is 0.0516. The van der Waals surface area contributed by atoms with E-state index in [-0.39, 0.29) is 17.8 Å². The maximum Gasteiger partial charge on any atom is 0.261 e. The van der Waals surface area contributed by atoms with E-state index in [4.69, 9.17) is 10.00 Å². The fourth-order valence-corrected chi connectivity index (χ4v) is 3.83. The molecule has 128 valence electrons. The van der Waals surface area contributed by atoms with Gasteiger partial charge < -0.3 is 10.1 Å². The standard InChI is InChI=1S/C19H17FN2O2S/c1-12(24-14-7-5-13(11-21)6-8-14)19(23)22-17-9-10-25-18-15(17)3-2-4-16(18)20/h2-8,12,17H,9-10H2,1H3,(H,22,23)/t12-,17+/m0/s1. The van der Waals surface area contributed by atoms with Crippen LogP contribution in [-0.4, -0.2) is 17.8 Å². The number of rotatable bonds is 4. The minimum absolute atomic E-state index is 0.216. The van der Waals surface area contributed by atoms with Crippen LogP contribution in [0.3, 0.4) is 0 Å². The first-order valence-corrected chi connectivity index (χ1v) is 8.95. The van der Waals surface area contributed by atoms with Crippen LogP contribution < -0.4 is 10.1 Å². The summed E-state index contributed by atoms with van der Waals surface area (Å²) in [4.78, 5) is 13.1. The van der Waals surface area contributed by atoms with Gasteiger partial charge in [0.25, 0.3) is 5.91 Å². The number of nitriles is 1. The molecule has 1 aliphatic heterocycles. The third-order valence-corrected chi connectivity index (χ3v) is 5.17. The number of fused-ring (bicyclic) bond motifs is 1. The zero-order chi connectivity index (χ0) is 17.8. The molecule has 1 amide bonds. The van der Waals surface area contributed by atoms with Crippen molar-refractivity contribution in [3.63, 3.8) is 0 Å². The molecule has 0 fully saturated rings. The summed E-state index contributed by atoms with van der Waals surface area (Å²) in [5, 5.41) is 11.7. The summed E-state index contributed by atoms with van der Waals surface area (Å²) in [5.74, 6) is 0.774. The second kappa shape index (κ2) is 7.58. The largest absolute Gasteiger partial charge is 0.481 e. The maximum absolute atomic E-state index is 13.9. The van der Waals surface area contributed by atoms with Gasteiger partial charge in [-0.2, -0.15) is 5.26 Å². The van der Waals surface area contributed by atoms with Gasteiger partial charge in [0.2, 0.25) is 0 Å². The molecule has 2 atom stereocenters. The predicted molar refractivity (Wildman–Crippen MR) is 93.9 cm³/mol. The molecule has 0 bridgehead atoms. The van der Waals surface area contributed by atoms with E-state index >= 15 is 0 Å². The lowest BCUT2D eigenvalue weighted by Gasteiger charge is -2.27. The number of ether oxygens (including phenoxy) is 1. The highest BCUT2D eigenvalue weighted by Crippen LogP contribution is 2.37. The Labute approximate surface area is 150 Å². The van der Waals surface area contributed by atoms with Gasteiger partial charge in [-0.05, 0) is 49.2 Å². The van der Waals surface area contributed by atoms with Gasteiger partial charge in [-0.3, -0.25) is 4.79 Å².